The van der Waals surface area contributed by atoms with E-state index in [0.29, 0.717) is 36.0 Å². The van der Waals surface area contributed by atoms with Crippen molar-refractivity contribution in [1.29, 1.82) is 0 Å². The van der Waals surface area contributed by atoms with Crippen LogP contribution in [0.2, 0.25) is 0 Å². The van der Waals surface area contributed by atoms with E-state index in [-0.39, 0.29) is 11.8 Å². The second-order valence-electron chi connectivity index (χ2n) is 13.3. The van der Waals surface area contributed by atoms with Crippen LogP contribution in [0.3, 0.4) is 0 Å². The molecular weight excluding hydrogens is 412 g/mol. The third-order valence-corrected chi connectivity index (χ3v) is 10.4. The minimum atomic E-state index is -1.09. The first kappa shape index (κ1) is 25.0. The maximum absolute atomic E-state index is 11.3. The molecule has 0 aromatic carbocycles. The molecule has 3 fully saturated rings. The van der Waals surface area contributed by atoms with E-state index in [2.05, 4.69) is 32.9 Å². The minimum Gasteiger partial charge on any atom is -0.481 e. The molecule has 0 radical (unpaired) electrons. The zero-order chi connectivity index (χ0) is 24.2. The molecule has 3 N–H and O–H groups in total. The van der Waals surface area contributed by atoms with Crippen LogP contribution < -0.4 is 0 Å². The fraction of sp³-hybridized carbons (Fsp3) is 0.828. The Morgan fingerprint density at radius 1 is 1.12 bits per heavy atom. The molecule has 0 aromatic heterocycles. The highest BCUT2D eigenvalue weighted by Crippen LogP contribution is 2.66. The molecule has 3 saturated carbocycles. The van der Waals surface area contributed by atoms with Crippen molar-refractivity contribution >= 4 is 5.97 Å². The Morgan fingerprint density at radius 3 is 2.52 bits per heavy atom. The monoisotopic (exact) mass is 458 g/mol. The third kappa shape index (κ3) is 4.59. The fourth-order valence-electron chi connectivity index (χ4n) is 8.52. The number of hydrogen-bond acceptors (Lipinski definition) is 3. The van der Waals surface area contributed by atoms with Crippen molar-refractivity contribution in [3.05, 3.63) is 23.3 Å². The van der Waals surface area contributed by atoms with Gasteiger partial charge < -0.3 is 15.3 Å². The van der Waals surface area contributed by atoms with Crippen molar-refractivity contribution in [1.82, 2.24) is 0 Å². The normalized spacial score (nSPS) is 41.4. The molecule has 33 heavy (non-hydrogen) atoms. The van der Waals surface area contributed by atoms with Gasteiger partial charge in [-0.2, -0.15) is 0 Å². The molecule has 0 spiro atoms. The number of fused-ring (bicyclic) bond motifs is 5. The van der Waals surface area contributed by atoms with Gasteiger partial charge in [-0.25, -0.2) is 0 Å². The summed E-state index contributed by atoms with van der Waals surface area (Å²) in [6, 6.07) is 0. The molecule has 0 aromatic rings. The quantitative estimate of drug-likeness (QED) is 0.420. The summed E-state index contributed by atoms with van der Waals surface area (Å²) in [5, 5.41) is 30.3. The summed E-state index contributed by atoms with van der Waals surface area (Å²) < 4.78 is 0. The number of hydrogen-bond donors (Lipinski definition) is 3. The maximum atomic E-state index is 11.3. The Labute approximate surface area is 200 Å². The molecule has 4 rings (SSSR count). The molecule has 7 atom stereocenters. The largest absolute Gasteiger partial charge is 0.481 e. The highest BCUT2D eigenvalue weighted by atomic mass is 16.4. The SMILES string of the molecule is C[C@@H](CCCC(C)(C)O)[C@H]1CC[C@H]2C3=CC=C4C[C@](O)(CC(=O)O)CC[C@]4(C)[C@H]3CC[C@]12C. The van der Waals surface area contributed by atoms with Crippen molar-refractivity contribution in [2.24, 2.45) is 34.5 Å². The predicted octanol–water partition coefficient (Wildman–Crippen LogP) is 6.27. The third-order valence-electron chi connectivity index (χ3n) is 10.4. The number of rotatable bonds is 7. The predicted molar refractivity (Wildman–Crippen MR) is 132 cm³/mol. The van der Waals surface area contributed by atoms with E-state index in [9.17, 15) is 20.1 Å². The highest BCUT2D eigenvalue weighted by molar-refractivity contribution is 5.68. The lowest BCUT2D eigenvalue weighted by Crippen LogP contribution is -2.49. The van der Waals surface area contributed by atoms with Gasteiger partial charge in [-0.15, -0.1) is 0 Å². The zero-order valence-electron chi connectivity index (χ0n) is 21.5. The van der Waals surface area contributed by atoms with Crippen LogP contribution in [0.15, 0.2) is 23.3 Å². The molecule has 0 bridgehead atoms. The van der Waals surface area contributed by atoms with Crippen LogP contribution in [0.5, 0.6) is 0 Å². The Morgan fingerprint density at radius 2 is 1.85 bits per heavy atom. The summed E-state index contributed by atoms with van der Waals surface area (Å²) in [6.45, 7) is 11.2. The van der Waals surface area contributed by atoms with Crippen LogP contribution in [0.4, 0.5) is 0 Å². The molecule has 4 aliphatic carbocycles. The fourth-order valence-corrected chi connectivity index (χ4v) is 8.52. The van der Waals surface area contributed by atoms with Gasteiger partial charge in [0.1, 0.15) is 0 Å². The summed E-state index contributed by atoms with van der Waals surface area (Å²) >= 11 is 0. The smallest absolute Gasteiger partial charge is 0.306 e. The Hall–Kier alpha value is -1.13. The van der Waals surface area contributed by atoms with Gasteiger partial charge in [0.25, 0.3) is 0 Å². The van der Waals surface area contributed by atoms with Crippen LogP contribution in [-0.4, -0.2) is 32.5 Å². The standard InChI is InChI=1S/C29H46O4/c1-19(7-6-13-26(2,3)32)22-10-11-23-21-9-8-20-17-29(33,18-25(30)31)16-15-27(20,4)24(21)12-14-28(22,23)5/h8-9,19,22-24,32-33H,6-7,10-18H2,1-5H3,(H,30,31)/t19-,22+,23-,24-,27-,28+,29-/m0/s1. The molecule has 0 amide bonds. The first-order valence-corrected chi connectivity index (χ1v) is 13.4. The van der Waals surface area contributed by atoms with E-state index in [1.807, 2.05) is 13.8 Å². The van der Waals surface area contributed by atoms with Gasteiger partial charge in [-0.1, -0.05) is 56.9 Å². The summed E-state index contributed by atoms with van der Waals surface area (Å²) in [5.74, 6) is 1.71. The molecule has 4 aliphatic rings. The molecule has 186 valence electrons. The second kappa shape index (κ2) is 8.52. The zero-order valence-corrected chi connectivity index (χ0v) is 21.5. The number of carboxylic acid groups (broad SMARTS) is 1. The first-order chi connectivity index (χ1) is 15.3. The minimum absolute atomic E-state index is 0.0621. The van der Waals surface area contributed by atoms with Gasteiger partial charge in [-0.05, 0) is 99.7 Å². The Balaban J connectivity index is 1.52. The molecule has 0 aliphatic heterocycles. The average Bonchev–Trinajstić information content (AvgIpc) is 3.04. The van der Waals surface area contributed by atoms with Gasteiger partial charge in [0.05, 0.1) is 17.6 Å². The molecule has 0 unspecified atom stereocenters. The summed E-state index contributed by atoms with van der Waals surface area (Å²) in [6.07, 6.45) is 14.7. The van der Waals surface area contributed by atoms with E-state index in [1.54, 1.807) is 5.57 Å². The number of aliphatic carboxylic acids is 1. The van der Waals surface area contributed by atoms with Crippen LogP contribution in [0.1, 0.15) is 105 Å². The lowest BCUT2D eigenvalue weighted by Gasteiger charge is -2.56. The first-order valence-electron chi connectivity index (χ1n) is 13.4. The van der Waals surface area contributed by atoms with Gasteiger partial charge in [0, 0.05) is 0 Å². The highest BCUT2D eigenvalue weighted by Gasteiger charge is 2.57. The number of allylic oxidation sites excluding steroid dienone is 3. The van der Waals surface area contributed by atoms with Crippen molar-refractivity contribution in [2.45, 2.75) is 116 Å². The van der Waals surface area contributed by atoms with E-state index >= 15 is 0 Å². The lowest BCUT2D eigenvalue weighted by atomic mass is 9.49. The van der Waals surface area contributed by atoms with Crippen LogP contribution in [0, 0.1) is 34.5 Å². The van der Waals surface area contributed by atoms with Gasteiger partial charge in [-0.3, -0.25) is 4.79 Å². The van der Waals surface area contributed by atoms with Crippen molar-refractivity contribution in [2.75, 3.05) is 0 Å². The lowest BCUT2D eigenvalue weighted by molar-refractivity contribution is -0.144. The van der Waals surface area contributed by atoms with Crippen molar-refractivity contribution < 1.29 is 20.1 Å². The van der Waals surface area contributed by atoms with Crippen molar-refractivity contribution in [3.8, 4) is 0 Å². The second-order valence-corrected chi connectivity index (χ2v) is 13.3. The summed E-state index contributed by atoms with van der Waals surface area (Å²) in [7, 11) is 0. The maximum Gasteiger partial charge on any atom is 0.306 e. The Bertz CT molecular complexity index is 835. The molecule has 4 heteroatoms. The van der Waals surface area contributed by atoms with Gasteiger partial charge in [0.15, 0.2) is 0 Å². The van der Waals surface area contributed by atoms with Crippen LogP contribution >= 0.6 is 0 Å². The number of aliphatic hydroxyl groups is 2. The molecule has 4 nitrogen and oxygen atoms in total. The van der Waals surface area contributed by atoms with Gasteiger partial charge in [0.2, 0.25) is 0 Å². The van der Waals surface area contributed by atoms with Crippen LogP contribution in [0.25, 0.3) is 0 Å². The average molecular weight is 459 g/mol. The Kier molecular flexibility index (Phi) is 6.45. The molecule has 0 heterocycles. The number of carbonyl (C=O) groups is 1. The summed E-state index contributed by atoms with van der Waals surface area (Å²) in [4.78, 5) is 11.3. The van der Waals surface area contributed by atoms with Crippen LogP contribution in [-0.2, 0) is 4.79 Å². The number of carboxylic acids is 1. The van der Waals surface area contributed by atoms with E-state index < -0.39 is 17.2 Å². The van der Waals surface area contributed by atoms with E-state index in [1.165, 1.54) is 37.7 Å². The van der Waals surface area contributed by atoms with Gasteiger partial charge >= 0.3 is 5.97 Å². The molecular formula is C29H46O4. The van der Waals surface area contributed by atoms with E-state index in [0.717, 1.165) is 25.2 Å². The van der Waals surface area contributed by atoms with E-state index in [4.69, 9.17) is 0 Å². The van der Waals surface area contributed by atoms with Crippen molar-refractivity contribution in [3.63, 3.8) is 0 Å². The topological polar surface area (TPSA) is 77.8 Å². The summed E-state index contributed by atoms with van der Waals surface area (Å²) in [5.41, 5.74) is 1.67. The molecule has 0 saturated heterocycles.